The van der Waals surface area contributed by atoms with Crippen molar-refractivity contribution in [3.63, 3.8) is 0 Å². The van der Waals surface area contributed by atoms with Gasteiger partial charge >= 0.3 is 0 Å². The number of aliphatic imine (C=N–C) groups is 1. The number of hydrogen-bond acceptors (Lipinski definition) is 9. The molecular formula is C30H39N11O5S. The van der Waals surface area contributed by atoms with Gasteiger partial charge in [-0.25, -0.2) is 9.97 Å². The number of primary amides is 1. The van der Waals surface area contributed by atoms with E-state index in [1.54, 1.807) is 10.9 Å². The van der Waals surface area contributed by atoms with E-state index in [1.165, 1.54) is 35.7 Å². The van der Waals surface area contributed by atoms with Gasteiger partial charge in [0.1, 0.15) is 24.2 Å². The molecule has 4 rings (SSSR count). The molecule has 0 radical (unpaired) electrons. The number of H-pyrrole nitrogens is 1. The van der Waals surface area contributed by atoms with Crippen LogP contribution in [0.15, 0.2) is 52.7 Å². The summed E-state index contributed by atoms with van der Waals surface area (Å²) >= 11 is 1.32. The predicted octanol–water partition coefficient (Wildman–Crippen LogP) is -1.38. The van der Waals surface area contributed by atoms with Gasteiger partial charge in [-0.3, -0.25) is 29.0 Å². The van der Waals surface area contributed by atoms with E-state index < -0.39 is 53.7 Å². The number of nitrogens with two attached hydrogens (primary N) is 3. The number of imidazole rings is 1. The van der Waals surface area contributed by atoms with Crippen LogP contribution in [0, 0.1) is 0 Å². The Morgan fingerprint density at radius 1 is 1.02 bits per heavy atom. The number of rotatable bonds is 15. The summed E-state index contributed by atoms with van der Waals surface area (Å²) < 4.78 is 0. The Balaban J connectivity index is 1.58. The first-order valence-corrected chi connectivity index (χ1v) is 15.9. The average Bonchev–Trinajstić information content (AvgIpc) is 3.75. The number of thiazole rings is 1. The summed E-state index contributed by atoms with van der Waals surface area (Å²) in [5.41, 5.74) is 21.2. The first-order chi connectivity index (χ1) is 22.5. The maximum absolute atomic E-state index is 14.1. The summed E-state index contributed by atoms with van der Waals surface area (Å²) in [6.07, 6.45) is 3.74. The smallest absolute Gasteiger partial charge is 0.246 e. The lowest BCUT2D eigenvalue weighted by Gasteiger charge is -2.37. The SMILES string of the molecule is CC(=O)N[C@@H](Cc1cnc[nH]1)C(=O)NC(Cc1cscn1)C(=O)N[C@@H](CCCN=C(N)N)C(=O)N1Cc2ccccc2C[C@H]1C(N)=O. The van der Waals surface area contributed by atoms with E-state index in [1.807, 2.05) is 24.3 Å². The number of aromatic amines is 1. The standard InChI is InChI=1S/C30H39N11O5S/c1-17(42)38-23(10-20-12-34-15-36-20)27(44)40-24(11-21-14-47-16-37-21)28(45)39-22(7-4-8-35-30(32)33)29(46)41-13-19-6-3-2-5-18(19)9-25(41)26(31)43/h2-3,5-6,12,14-16,22-25H,4,7-11,13H2,1H3,(H2,31,43)(H,34,36)(H,38,42)(H,39,45)(H,40,44)(H4,32,33,35)/t22-,23-,24?,25-/m0/s1. The minimum atomic E-state index is -1.18. The van der Waals surface area contributed by atoms with E-state index in [2.05, 4.69) is 35.9 Å². The van der Waals surface area contributed by atoms with E-state index in [9.17, 15) is 24.0 Å². The van der Waals surface area contributed by atoms with Gasteiger partial charge in [-0.2, -0.15) is 0 Å². The molecule has 1 unspecified atom stereocenters. The Morgan fingerprint density at radius 2 is 1.72 bits per heavy atom. The zero-order valence-corrected chi connectivity index (χ0v) is 26.7. The minimum Gasteiger partial charge on any atom is -0.370 e. The van der Waals surface area contributed by atoms with Gasteiger partial charge in [0.15, 0.2) is 5.96 Å². The van der Waals surface area contributed by atoms with Gasteiger partial charge in [-0.05, 0) is 24.0 Å². The lowest BCUT2D eigenvalue weighted by atomic mass is 9.92. The van der Waals surface area contributed by atoms with Crippen molar-refractivity contribution in [1.29, 1.82) is 0 Å². The number of carbonyl (C=O) groups is 5. The fourth-order valence-corrected chi connectivity index (χ4v) is 5.91. The molecule has 0 saturated heterocycles. The van der Waals surface area contributed by atoms with Gasteiger partial charge in [0, 0.05) is 56.5 Å². The van der Waals surface area contributed by atoms with Gasteiger partial charge in [0.25, 0.3) is 0 Å². The number of fused-ring (bicyclic) bond motifs is 1. The Bertz CT molecular complexity index is 1570. The van der Waals surface area contributed by atoms with Crippen molar-refractivity contribution in [3.8, 4) is 0 Å². The zero-order valence-electron chi connectivity index (χ0n) is 25.8. The van der Waals surface area contributed by atoms with Crippen LogP contribution in [0.25, 0.3) is 0 Å². The second kappa shape index (κ2) is 16.3. The Labute approximate surface area is 275 Å². The highest BCUT2D eigenvalue weighted by Gasteiger charge is 2.38. The number of carbonyl (C=O) groups excluding carboxylic acids is 5. The molecule has 0 aliphatic carbocycles. The molecule has 3 heterocycles. The summed E-state index contributed by atoms with van der Waals surface area (Å²) in [6, 6.07) is 3.19. The van der Waals surface area contributed by atoms with Gasteiger partial charge in [-0.15, -0.1) is 11.3 Å². The van der Waals surface area contributed by atoms with Crippen LogP contribution in [0.2, 0.25) is 0 Å². The molecule has 0 spiro atoms. The van der Waals surface area contributed by atoms with Crippen LogP contribution in [0.5, 0.6) is 0 Å². The molecule has 1 aliphatic rings. The predicted molar refractivity (Wildman–Crippen MR) is 173 cm³/mol. The number of benzene rings is 1. The maximum atomic E-state index is 14.1. The molecule has 10 N–H and O–H groups in total. The normalized spacial score (nSPS) is 15.8. The van der Waals surface area contributed by atoms with Crippen molar-refractivity contribution in [1.82, 2.24) is 35.8 Å². The van der Waals surface area contributed by atoms with Crippen LogP contribution < -0.4 is 33.2 Å². The molecule has 0 bridgehead atoms. The Morgan fingerprint density at radius 3 is 2.34 bits per heavy atom. The van der Waals surface area contributed by atoms with Crippen LogP contribution in [-0.2, 0) is 49.8 Å². The molecule has 0 fully saturated rings. The van der Waals surface area contributed by atoms with Crippen molar-refractivity contribution in [2.75, 3.05) is 6.54 Å². The number of nitrogens with zero attached hydrogens (tertiary/aromatic N) is 4. The van der Waals surface area contributed by atoms with Crippen molar-refractivity contribution >= 4 is 46.8 Å². The summed E-state index contributed by atoms with van der Waals surface area (Å²) in [4.78, 5) is 82.5. The van der Waals surface area contributed by atoms with Gasteiger partial charge in [-0.1, -0.05) is 24.3 Å². The Kier molecular flexibility index (Phi) is 12.0. The van der Waals surface area contributed by atoms with E-state index in [0.29, 0.717) is 17.8 Å². The van der Waals surface area contributed by atoms with Gasteiger partial charge < -0.3 is 43.0 Å². The highest BCUT2D eigenvalue weighted by atomic mass is 32.1. The fourth-order valence-electron chi connectivity index (χ4n) is 5.34. The monoisotopic (exact) mass is 665 g/mol. The van der Waals surface area contributed by atoms with Crippen LogP contribution in [0.3, 0.4) is 0 Å². The molecular weight excluding hydrogens is 626 g/mol. The fraction of sp³-hybridized carbons (Fsp3) is 0.400. The van der Waals surface area contributed by atoms with Gasteiger partial charge in [0.2, 0.25) is 29.5 Å². The molecule has 1 aliphatic heterocycles. The van der Waals surface area contributed by atoms with Crippen molar-refractivity contribution in [2.24, 2.45) is 22.2 Å². The lowest BCUT2D eigenvalue weighted by molar-refractivity contribution is -0.144. The van der Waals surface area contributed by atoms with Crippen molar-refractivity contribution in [3.05, 3.63) is 70.2 Å². The van der Waals surface area contributed by atoms with Gasteiger partial charge in [0.05, 0.1) is 17.5 Å². The molecule has 1 aromatic carbocycles. The maximum Gasteiger partial charge on any atom is 0.246 e. The molecule has 17 heteroatoms. The summed E-state index contributed by atoms with van der Waals surface area (Å²) in [6.45, 7) is 1.59. The van der Waals surface area contributed by atoms with E-state index in [4.69, 9.17) is 17.2 Å². The first-order valence-electron chi connectivity index (χ1n) is 15.0. The number of amides is 5. The second-order valence-corrected chi connectivity index (χ2v) is 11.9. The van der Waals surface area contributed by atoms with Crippen molar-refractivity contribution in [2.45, 2.75) is 69.7 Å². The van der Waals surface area contributed by atoms with E-state index in [-0.39, 0.29) is 44.7 Å². The molecule has 47 heavy (non-hydrogen) atoms. The molecule has 3 aromatic rings. The second-order valence-electron chi connectivity index (χ2n) is 11.1. The summed E-state index contributed by atoms with van der Waals surface area (Å²) in [7, 11) is 0. The highest BCUT2D eigenvalue weighted by molar-refractivity contribution is 7.07. The van der Waals surface area contributed by atoms with E-state index >= 15 is 0 Å². The molecule has 4 atom stereocenters. The number of nitrogens with one attached hydrogen (secondary N) is 4. The topological polar surface area (TPSA) is 257 Å². The largest absolute Gasteiger partial charge is 0.370 e. The van der Waals surface area contributed by atoms with Crippen molar-refractivity contribution < 1.29 is 24.0 Å². The molecule has 16 nitrogen and oxygen atoms in total. The Hall–Kier alpha value is -5.32. The number of hydrogen-bond donors (Lipinski definition) is 7. The number of aromatic nitrogens is 3. The minimum absolute atomic E-state index is 0.00777. The van der Waals surface area contributed by atoms with Crippen LogP contribution in [0.4, 0.5) is 0 Å². The summed E-state index contributed by atoms with van der Waals surface area (Å²) in [5, 5.41) is 9.87. The third kappa shape index (κ3) is 9.83. The molecule has 2 aromatic heterocycles. The molecule has 250 valence electrons. The number of guanidine groups is 1. The van der Waals surface area contributed by atoms with Crippen LogP contribution in [-0.4, -0.2) is 86.1 Å². The molecule has 5 amide bonds. The molecule has 0 saturated carbocycles. The van der Waals surface area contributed by atoms with Crippen LogP contribution in [0.1, 0.15) is 42.3 Å². The third-order valence-corrected chi connectivity index (χ3v) is 8.26. The average molecular weight is 666 g/mol. The van der Waals surface area contributed by atoms with Crippen LogP contribution >= 0.6 is 11.3 Å². The zero-order chi connectivity index (χ0) is 33.9. The third-order valence-electron chi connectivity index (χ3n) is 7.62. The summed E-state index contributed by atoms with van der Waals surface area (Å²) in [5.74, 6) is -3.04. The van der Waals surface area contributed by atoms with E-state index in [0.717, 1.165) is 11.1 Å². The first kappa shape index (κ1) is 34.6. The lowest BCUT2D eigenvalue weighted by Crippen LogP contribution is -2.60. The quantitative estimate of drug-likeness (QED) is 0.0572. The highest BCUT2D eigenvalue weighted by Crippen LogP contribution is 2.24.